The van der Waals surface area contributed by atoms with Crippen molar-refractivity contribution in [3.8, 4) is 0 Å². The molecule has 0 aromatic rings. The second kappa shape index (κ2) is 2.03. The fourth-order valence-corrected chi connectivity index (χ4v) is 1.19. The summed E-state index contributed by atoms with van der Waals surface area (Å²) >= 11 is 0. The molecule has 8 heavy (non-hydrogen) atoms. The summed E-state index contributed by atoms with van der Waals surface area (Å²) in [5, 5.41) is 17.9. The molecule has 2 nitrogen and oxygen atoms in total. The molecule has 3 atom stereocenters. The summed E-state index contributed by atoms with van der Waals surface area (Å²) in [7, 11) is 0. The fourth-order valence-electron chi connectivity index (χ4n) is 1.19. The van der Waals surface area contributed by atoms with Crippen LogP contribution in [0.2, 0.25) is 0 Å². The van der Waals surface area contributed by atoms with E-state index in [0.717, 1.165) is 6.42 Å². The fraction of sp³-hybridized carbons (Fsp3) is 1.00. The second-order valence-electron chi connectivity index (χ2n) is 2.67. The number of aliphatic hydroxyl groups is 2. The van der Waals surface area contributed by atoms with E-state index in [-0.39, 0.29) is 12.2 Å². The maximum atomic E-state index is 9.01. The molecule has 2 N–H and O–H groups in total. The van der Waals surface area contributed by atoms with Gasteiger partial charge < -0.3 is 10.2 Å². The molecule has 2 heteroatoms. The molecule has 1 fully saturated rings. The molecule has 0 heterocycles. The van der Waals surface area contributed by atoms with E-state index in [1.54, 1.807) is 0 Å². The topological polar surface area (TPSA) is 40.5 Å². The van der Waals surface area contributed by atoms with Gasteiger partial charge in [-0.3, -0.25) is 0 Å². The zero-order chi connectivity index (χ0) is 6.15. The maximum absolute atomic E-state index is 9.01. The summed E-state index contributed by atoms with van der Waals surface area (Å²) in [6, 6.07) is 0. The molecule has 48 valence electrons. The smallest absolute Gasteiger partial charge is 0.0591 e. The standard InChI is InChI=1S/C6H12O2/c1-4-2-5(7)3-6(4)8/h4-8H,2-3H2,1H3/t4-,5+,6+/m1/s1. The monoisotopic (exact) mass is 116 g/mol. The van der Waals surface area contributed by atoms with Crippen LogP contribution in [-0.4, -0.2) is 22.4 Å². The number of aliphatic hydroxyl groups excluding tert-OH is 2. The van der Waals surface area contributed by atoms with E-state index in [0.29, 0.717) is 12.3 Å². The van der Waals surface area contributed by atoms with Crippen LogP contribution in [0.1, 0.15) is 19.8 Å². The molecule has 0 aromatic heterocycles. The molecule has 0 saturated heterocycles. The molecule has 0 spiro atoms. The lowest BCUT2D eigenvalue weighted by molar-refractivity contribution is 0.124. The molecule has 1 saturated carbocycles. The van der Waals surface area contributed by atoms with Gasteiger partial charge in [0.05, 0.1) is 12.2 Å². The highest BCUT2D eigenvalue weighted by Gasteiger charge is 2.27. The minimum Gasteiger partial charge on any atom is -0.393 e. The van der Waals surface area contributed by atoms with Crippen LogP contribution in [0.3, 0.4) is 0 Å². The predicted octanol–water partition coefficient (Wildman–Crippen LogP) is 0.138. The van der Waals surface area contributed by atoms with Gasteiger partial charge >= 0.3 is 0 Å². The third kappa shape index (κ3) is 1.01. The molecule has 0 radical (unpaired) electrons. The van der Waals surface area contributed by atoms with E-state index < -0.39 is 0 Å². The highest BCUT2D eigenvalue weighted by molar-refractivity contribution is 4.79. The van der Waals surface area contributed by atoms with E-state index in [4.69, 9.17) is 10.2 Å². The SMILES string of the molecule is C[C@@H]1C[C@H](O)C[C@@H]1O. The van der Waals surface area contributed by atoms with Gasteiger partial charge in [-0.2, -0.15) is 0 Å². The van der Waals surface area contributed by atoms with Gasteiger partial charge in [-0.15, -0.1) is 0 Å². The Labute approximate surface area is 49.1 Å². The first-order valence-electron chi connectivity index (χ1n) is 3.06. The van der Waals surface area contributed by atoms with Gasteiger partial charge in [-0.05, 0) is 18.8 Å². The van der Waals surface area contributed by atoms with Gasteiger partial charge in [0.25, 0.3) is 0 Å². The quantitative estimate of drug-likeness (QED) is 0.472. The first-order valence-corrected chi connectivity index (χ1v) is 3.06. The Kier molecular flexibility index (Phi) is 1.54. The van der Waals surface area contributed by atoms with Crippen LogP contribution in [0, 0.1) is 5.92 Å². The van der Waals surface area contributed by atoms with Crippen LogP contribution in [0.5, 0.6) is 0 Å². The van der Waals surface area contributed by atoms with Crippen LogP contribution in [0.25, 0.3) is 0 Å². The van der Waals surface area contributed by atoms with E-state index in [2.05, 4.69) is 0 Å². The number of rotatable bonds is 0. The van der Waals surface area contributed by atoms with Crippen molar-refractivity contribution in [1.82, 2.24) is 0 Å². The van der Waals surface area contributed by atoms with Crippen molar-refractivity contribution in [2.24, 2.45) is 5.92 Å². The third-order valence-corrected chi connectivity index (χ3v) is 1.81. The molecule has 0 unspecified atom stereocenters. The van der Waals surface area contributed by atoms with E-state index >= 15 is 0 Å². The number of hydrogen-bond donors (Lipinski definition) is 2. The van der Waals surface area contributed by atoms with Gasteiger partial charge in [0.2, 0.25) is 0 Å². The molecule has 0 aromatic carbocycles. The van der Waals surface area contributed by atoms with Gasteiger partial charge in [-0.25, -0.2) is 0 Å². The lowest BCUT2D eigenvalue weighted by Crippen LogP contribution is -2.08. The van der Waals surface area contributed by atoms with Gasteiger partial charge in [0, 0.05) is 0 Å². The first-order chi connectivity index (χ1) is 3.70. The molecule has 1 aliphatic carbocycles. The van der Waals surface area contributed by atoms with Gasteiger partial charge in [0.1, 0.15) is 0 Å². The maximum Gasteiger partial charge on any atom is 0.0591 e. The average molecular weight is 116 g/mol. The molecular weight excluding hydrogens is 104 g/mol. The van der Waals surface area contributed by atoms with Crippen LogP contribution in [0.15, 0.2) is 0 Å². The van der Waals surface area contributed by atoms with Crippen molar-refractivity contribution in [2.75, 3.05) is 0 Å². The lowest BCUT2D eigenvalue weighted by atomic mass is 10.1. The molecule has 1 aliphatic rings. The van der Waals surface area contributed by atoms with E-state index in [1.807, 2.05) is 6.92 Å². The Bertz CT molecular complexity index is 72.6. The summed E-state index contributed by atoms with van der Waals surface area (Å²) in [4.78, 5) is 0. The highest BCUT2D eigenvalue weighted by Crippen LogP contribution is 2.24. The number of hydrogen-bond acceptors (Lipinski definition) is 2. The van der Waals surface area contributed by atoms with E-state index in [9.17, 15) is 0 Å². The Morgan fingerprint density at radius 3 is 2.00 bits per heavy atom. The van der Waals surface area contributed by atoms with Crippen molar-refractivity contribution >= 4 is 0 Å². The average Bonchev–Trinajstić information content (AvgIpc) is 1.85. The molecule has 1 rings (SSSR count). The summed E-state index contributed by atoms with van der Waals surface area (Å²) in [5.41, 5.74) is 0. The Balaban J connectivity index is 2.39. The first kappa shape index (κ1) is 6.05. The van der Waals surface area contributed by atoms with Crippen molar-refractivity contribution in [3.63, 3.8) is 0 Å². The molecule has 0 amide bonds. The van der Waals surface area contributed by atoms with Gasteiger partial charge in [-0.1, -0.05) is 6.92 Å². The summed E-state index contributed by atoms with van der Waals surface area (Å²) in [6.07, 6.45) is 0.826. The highest BCUT2D eigenvalue weighted by atomic mass is 16.3. The zero-order valence-electron chi connectivity index (χ0n) is 5.04. The molecule has 0 bridgehead atoms. The van der Waals surface area contributed by atoms with Crippen molar-refractivity contribution in [3.05, 3.63) is 0 Å². The summed E-state index contributed by atoms with van der Waals surface area (Å²) in [6.45, 7) is 1.96. The second-order valence-corrected chi connectivity index (χ2v) is 2.67. The van der Waals surface area contributed by atoms with Gasteiger partial charge in [0.15, 0.2) is 0 Å². The van der Waals surface area contributed by atoms with E-state index in [1.165, 1.54) is 0 Å². The minimum atomic E-state index is -0.259. The normalized spacial score (nSPS) is 47.6. The Morgan fingerprint density at radius 2 is 1.88 bits per heavy atom. The van der Waals surface area contributed by atoms with Crippen LogP contribution in [-0.2, 0) is 0 Å². The summed E-state index contributed by atoms with van der Waals surface area (Å²) < 4.78 is 0. The largest absolute Gasteiger partial charge is 0.393 e. The van der Waals surface area contributed by atoms with Crippen LogP contribution >= 0.6 is 0 Å². The van der Waals surface area contributed by atoms with Crippen molar-refractivity contribution in [1.29, 1.82) is 0 Å². The molecule has 0 aliphatic heterocycles. The van der Waals surface area contributed by atoms with Crippen molar-refractivity contribution < 1.29 is 10.2 Å². The van der Waals surface area contributed by atoms with Crippen molar-refractivity contribution in [2.45, 2.75) is 32.0 Å². The minimum absolute atomic E-state index is 0.250. The predicted molar refractivity (Wildman–Crippen MR) is 30.4 cm³/mol. The zero-order valence-corrected chi connectivity index (χ0v) is 5.04. The third-order valence-electron chi connectivity index (χ3n) is 1.81. The van der Waals surface area contributed by atoms with Crippen LogP contribution < -0.4 is 0 Å². The Hall–Kier alpha value is -0.0800. The Morgan fingerprint density at radius 1 is 1.25 bits per heavy atom. The molecular formula is C6H12O2. The summed E-state index contributed by atoms with van der Waals surface area (Å²) in [5.74, 6) is 0.296. The lowest BCUT2D eigenvalue weighted by Gasteiger charge is -2.03. The van der Waals surface area contributed by atoms with Crippen LogP contribution in [0.4, 0.5) is 0 Å².